The molecule has 0 saturated carbocycles. The molecule has 0 aliphatic carbocycles. The summed E-state index contributed by atoms with van der Waals surface area (Å²) >= 11 is 0. The molecule has 9 nitrogen and oxygen atoms in total. The molecule has 9 heteroatoms. The molecule has 23 heavy (non-hydrogen) atoms. The van der Waals surface area contributed by atoms with Crippen LogP contribution in [0.2, 0.25) is 0 Å². The molecule has 0 saturated heterocycles. The molecule has 0 radical (unpaired) electrons. The first-order valence-corrected chi connectivity index (χ1v) is 6.37. The fraction of sp³-hybridized carbons (Fsp3) is 0.143. The van der Waals surface area contributed by atoms with Crippen LogP contribution in [0.3, 0.4) is 0 Å². The van der Waals surface area contributed by atoms with Crippen molar-refractivity contribution in [2.24, 2.45) is 0 Å². The van der Waals surface area contributed by atoms with Gasteiger partial charge in [0.25, 0.3) is 0 Å². The Morgan fingerprint density at radius 2 is 1.78 bits per heavy atom. The predicted octanol–water partition coefficient (Wildman–Crippen LogP) is 1.16. The summed E-state index contributed by atoms with van der Waals surface area (Å²) in [5.74, 6) is 1.00. The van der Waals surface area contributed by atoms with E-state index in [1.54, 1.807) is 18.2 Å². The van der Waals surface area contributed by atoms with Gasteiger partial charge < -0.3 is 14.5 Å². The Balaban J connectivity index is 2.47. The summed E-state index contributed by atoms with van der Waals surface area (Å²) in [4.78, 5) is 36.9. The van der Waals surface area contributed by atoms with Crippen LogP contribution >= 0.6 is 0 Å². The summed E-state index contributed by atoms with van der Waals surface area (Å²) in [7, 11) is 2.97. The van der Waals surface area contributed by atoms with Crippen molar-refractivity contribution >= 4 is 17.8 Å². The minimum absolute atomic E-state index is 0.196. The topological polar surface area (TPSA) is 127 Å². The molecule has 1 aromatic carbocycles. The van der Waals surface area contributed by atoms with Gasteiger partial charge in [0.1, 0.15) is 5.69 Å². The number of hydrogen-bond acceptors (Lipinski definition) is 6. The number of rotatable bonds is 5. The number of aromatic amines is 2. The van der Waals surface area contributed by atoms with Crippen molar-refractivity contribution in [1.82, 2.24) is 9.97 Å². The molecule has 0 spiro atoms. The van der Waals surface area contributed by atoms with E-state index in [2.05, 4.69) is 4.98 Å². The van der Waals surface area contributed by atoms with E-state index in [0.717, 1.165) is 0 Å². The Morgan fingerprint density at radius 3 is 2.39 bits per heavy atom. The SMILES string of the molecule is COc1ccc(/C=C\c2[nH]c(=O)[nH]c(=O)c2[N+](=O)[O-])cc1OC. The Kier molecular flexibility index (Phi) is 4.60. The molecule has 2 aromatic rings. The van der Waals surface area contributed by atoms with Gasteiger partial charge in [-0.2, -0.15) is 0 Å². The Bertz CT molecular complexity index is 881. The van der Waals surface area contributed by atoms with Crippen molar-refractivity contribution in [3.05, 3.63) is 60.4 Å². The summed E-state index contributed by atoms with van der Waals surface area (Å²) in [6, 6.07) is 4.99. The molecule has 2 N–H and O–H groups in total. The van der Waals surface area contributed by atoms with Crippen LogP contribution < -0.4 is 20.7 Å². The maximum atomic E-state index is 11.5. The molecule has 0 unspecified atom stereocenters. The number of nitro groups is 1. The smallest absolute Gasteiger partial charge is 0.357 e. The van der Waals surface area contributed by atoms with Gasteiger partial charge in [-0.15, -0.1) is 0 Å². The van der Waals surface area contributed by atoms with Gasteiger partial charge in [0, 0.05) is 0 Å². The van der Waals surface area contributed by atoms with Crippen LogP contribution in [0.5, 0.6) is 11.5 Å². The van der Waals surface area contributed by atoms with Crippen LogP contribution in [0.15, 0.2) is 27.8 Å². The first-order valence-electron chi connectivity index (χ1n) is 6.37. The highest BCUT2D eigenvalue weighted by atomic mass is 16.6. The average Bonchev–Trinajstić information content (AvgIpc) is 2.51. The van der Waals surface area contributed by atoms with Crippen molar-refractivity contribution in [3.8, 4) is 11.5 Å². The van der Waals surface area contributed by atoms with Crippen LogP contribution in [0, 0.1) is 10.1 Å². The second-order valence-corrected chi connectivity index (χ2v) is 4.38. The van der Waals surface area contributed by atoms with E-state index < -0.39 is 21.9 Å². The van der Waals surface area contributed by atoms with Gasteiger partial charge >= 0.3 is 16.9 Å². The highest BCUT2D eigenvalue weighted by molar-refractivity contribution is 5.72. The summed E-state index contributed by atoms with van der Waals surface area (Å²) < 4.78 is 10.3. The van der Waals surface area contributed by atoms with E-state index in [4.69, 9.17) is 9.47 Å². The van der Waals surface area contributed by atoms with Crippen molar-refractivity contribution in [2.75, 3.05) is 14.2 Å². The van der Waals surface area contributed by atoms with Crippen molar-refractivity contribution < 1.29 is 14.4 Å². The molecule has 0 aliphatic heterocycles. The zero-order valence-corrected chi connectivity index (χ0v) is 12.3. The fourth-order valence-electron chi connectivity index (χ4n) is 1.94. The number of ether oxygens (including phenoxy) is 2. The molecule has 0 amide bonds. The number of hydrogen-bond donors (Lipinski definition) is 2. The first-order chi connectivity index (χ1) is 11.0. The predicted molar refractivity (Wildman–Crippen MR) is 82.8 cm³/mol. The molecule has 0 aliphatic rings. The summed E-state index contributed by atoms with van der Waals surface area (Å²) in [5, 5.41) is 10.9. The molecule has 0 atom stereocenters. The van der Waals surface area contributed by atoms with E-state index in [1.807, 2.05) is 4.98 Å². The largest absolute Gasteiger partial charge is 0.493 e. The van der Waals surface area contributed by atoms with Gasteiger partial charge in [-0.3, -0.25) is 19.9 Å². The van der Waals surface area contributed by atoms with E-state index in [1.165, 1.54) is 26.4 Å². The van der Waals surface area contributed by atoms with Crippen LogP contribution in [0.25, 0.3) is 12.2 Å². The zero-order valence-electron chi connectivity index (χ0n) is 12.3. The van der Waals surface area contributed by atoms with Crippen LogP contribution in [0.4, 0.5) is 5.69 Å². The number of aromatic nitrogens is 2. The third-order valence-corrected chi connectivity index (χ3v) is 2.98. The highest BCUT2D eigenvalue weighted by Crippen LogP contribution is 2.28. The van der Waals surface area contributed by atoms with Gasteiger partial charge in [0.2, 0.25) is 0 Å². The third kappa shape index (κ3) is 3.46. The molecule has 120 valence electrons. The molecular weight excluding hydrogens is 306 g/mol. The lowest BCUT2D eigenvalue weighted by atomic mass is 10.1. The third-order valence-electron chi connectivity index (χ3n) is 2.98. The summed E-state index contributed by atoms with van der Waals surface area (Å²) in [6.45, 7) is 0. The minimum atomic E-state index is -1.06. The van der Waals surface area contributed by atoms with Crippen LogP contribution in [-0.2, 0) is 0 Å². The van der Waals surface area contributed by atoms with Gasteiger partial charge in [-0.1, -0.05) is 12.1 Å². The van der Waals surface area contributed by atoms with Crippen molar-refractivity contribution in [3.63, 3.8) is 0 Å². The maximum Gasteiger partial charge on any atom is 0.357 e. The number of H-pyrrole nitrogens is 2. The second-order valence-electron chi connectivity index (χ2n) is 4.38. The first kappa shape index (κ1) is 16.0. The number of methoxy groups -OCH3 is 2. The summed E-state index contributed by atoms with van der Waals surface area (Å²) in [6.07, 6.45) is 2.77. The lowest BCUT2D eigenvalue weighted by Crippen LogP contribution is -2.25. The number of nitrogens with zero attached hydrogens (tertiary/aromatic N) is 1. The Morgan fingerprint density at radius 1 is 1.09 bits per heavy atom. The quantitative estimate of drug-likeness (QED) is 0.629. The van der Waals surface area contributed by atoms with Crippen LogP contribution in [-0.4, -0.2) is 29.1 Å². The van der Waals surface area contributed by atoms with E-state index >= 15 is 0 Å². The normalized spacial score (nSPS) is 10.7. The van der Waals surface area contributed by atoms with Crippen molar-refractivity contribution in [2.45, 2.75) is 0 Å². The summed E-state index contributed by atoms with van der Waals surface area (Å²) in [5.41, 5.74) is -2.18. The monoisotopic (exact) mass is 319 g/mol. The molecule has 0 fully saturated rings. The second kappa shape index (κ2) is 6.60. The van der Waals surface area contributed by atoms with E-state index in [-0.39, 0.29) is 5.69 Å². The zero-order chi connectivity index (χ0) is 17.0. The molecular formula is C14H13N3O6. The maximum absolute atomic E-state index is 11.5. The standard InChI is InChI=1S/C14H13N3O6/c1-22-10-6-4-8(7-11(10)23-2)3-5-9-12(17(20)21)13(18)16-14(19)15-9/h3-7H,1-2H3,(H2,15,16,18,19)/b5-3-. The number of nitrogens with one attached hydrogen (secondary N) is 2. The lowest BCUT2D eigenvalue weighted by Gasteiger charge is -2.07. The lowest BCUT2D eigenvalue weighted by molar-refractivity contribution is -0.386. The van der Waals surface area contributed by atoms with Crippen LogP contribution in [0.1, 0.15) is 11.3 Å². The van der Waals surface area contributed by atoms with E-state index in [9.17, 15) is 19.7 Å². The molecule has 2 rings (SSSR count). The fourth-order valence-corrected chi connectivity index (χ4v) is 1.94. The Hall–Kier alpha value is -3.36. The molecule has 0 bridgehead atoms. The molecule has 1 heterocycles. The Labute approximate surface area is 129 Å². The van der Waals surface area contributed by atoms with E-state index in [0.29, 0.717) is 17.1 Å². The van der Waals surface area contributed by atoms with Gasteiger partial charge in [-0.25, -0.2) is 4.79 Å². The van der Waals surface area contributed by atoms with Gasteiger partial charge in [0.15, 0.2) is 11.5 Å². The molecule has 1 aromatic heterocycles. The average molecular weight is 319 g/mol. The van der Waals surface area contributed by atoms with Gasteiger partial charge in [-0.05, 0) is 23.8 Å². The van der Waals surface area contributed by atoms with Crippen molar-refractivity contribution in [1.29, 1.82) is 0 Å². The van der Waals surface area contributed by atoms with Gasteiger partial charge in [0.05, 0.1) is 19.1 Å². The number of benzene rings is 1. The minimum Gasteiger partial charge on any atom is -0.493 e. The highest BCUT2D eigenvalue weighted by Gasteiger charge is 2.18.